The van der Waals surface area contributed by atoms with E-state index in [2.05, 4.69) is 34.6 Å². The van der Waals surface area contributed by atoms with E-state index in [1.165, 1.54) is 32.1 Å². The van der Waals surface area contributed by atoms with Gasteiger partial charge < -0.3 is 4.79 Å². The Morgan fingerprint density at radius 2 is 1.47 bits per heavy atom. The van der Waals surface area contributed by atoms with Gasteiger partial charge in [-0.3, -0.25) is 0 Å². The summed E-state index contributed by atoms with van der Waals surface area (Å²) in [4.78, 5) is 10.8. The SMILES string of the molecule is CCC(C)(CC)C(CC)(CC)CCC(C)C=O. The third-order valence-corrected chi connectivity index (χ3v) is 5.51. The molecule has 1 heteroatoms. The molecule has 0 aliphatic carbocycles. The zero-order valence-corrected chi connectivity index (χ0v) is 12.8. The van der Waals surface area contributed by atoms with Gasteiger partial charge in [-0.15, -0.1) is 0 Å². The van der Waals surface area contributed by atoms with Crippen molar-refractivity contribution < 1.29 is 4.79 Å². The van der Waals surface area contributed by atoms with E-state index in [1.807, 2.05) is 6.92 Å². The van der Waals surface area contributed by atoms with Crippen LogP contribution in [-0.4, -0.2) is 6.29 Å². The first kappa shape index (κ1) is 16.7. The normalized spacial score (nSPS) is 14.7. The second-order valence-corrected chi connectivity index (χ2v) is 5.91. The Morgan fingerprint density at radius 3 is 1.76 bits per heavy atom. The minimum Gasteiger partial charge on any atom is -0.303 e. The van der Waals surface area contributed by atoms with Crippen LogP contribution in [0.4, 0.5) is 0 Å². The average Bonchev–Trinajstić information content (AvgIpc) is 2.39. The van der Waals surface area contributed by atoms with Gasteiger partial charge in [-0.25, -0.2) is 0 Å². The van der Waals surface area contributed by atoms with Crippen LogP contribution in [0, 0.1) is 16.7 Å². The standard InChI is InChI=1S/C16H32O/c1-7-15(6,8-2)16(9-3,10-4)12-11-14(5)13-17/h13-14H,7-12H2,1-6H3. The highest BCUT2D eigenvalue weighted by Crippen LogP contribution is 2.52. The fourth-order valence-electron chi connectivity index (χ4n) is 3.33. The molecule has 0 spiro atoms. The number of aldehydes is 1. The molecule has 0 radical (unpaired) electrons. The van der Waals surface area contributed by atoms with Crippen molar-refractivity contribution in [2.45, 2.75) is 80.1 Å². The Labute approximate surface area is 108 Å². The number of hydrogen-bond donors (Lipinski definition) is 0. The van der Waals surface area contributed by atoms with Crippen LogP contribution >= 0.6 is 0 Å². The highest BCUT2D eigenvalue weighted by atomic mass is 16.1. The zero-order chi connectivity index (χ0) is 13.5. The maximum Gasteiger partial charge on any atom is 0.122 e. The minimum absolute atomic E-state index is 0.213. The van der Waals surface area contributed by atoms with Gasteiger partial charge in [0.1, 0.15) is 6.29 Å². The maximum atomic E-state index is 10.8. The first-order valence-corrected chi connectivity index (χ1v) is 7.40. The lowest BCUT2D eigenvalue weighted by Crippen LogP contribution is -2.39. The Kier molecular flexibility index (Phi) is 7.04. The van der Waals surface area contributed by atoms with E-state index in [9.17, 15) is 4.79 Å². The molecule has 1 nitrogen and oxygen atoms in total. The summed E-state index contributed by atoms with van der Waals surface area (Å²) in [5.74, 6) is 0.213. The summed E-state index contributed by atoms with van der Waals surface area (Å²) in [5, 5.41) is 0. The predicted molar refractivity (Wildman–Crippen MR) is 76.2 cm³/mol. The number of rotatable bonds is 9. The van der Waals surface area contributed by atoms with Crippen molar-refractivity contribution in [2.24, 2.45) is 16.7 Å². The maximum absolute atomic E-state index is 10.8. The summed E-state index contributed by atoms with van der Waals surface area (Å²) in [6, 6.07) is 0. The van der Waals surface area contributed by atoms with E-state index < -0.39 is 0 Å². The van der Waals surface area contributed by atoms with Crippen LogP contribution in [0.1, 0.15) is 80.1 Å². The van der Waals surface area contributed by atoms with Crippen molar-refractivity contribution in [1.29, 1.82) is 0 Å². The minimum atomic E-state index is 0.213. The van der Waals surface area contributed by atoms with Crippen molar-refractivity contribution in [3.05, 3.63) is 0 Å². The molecule has 0 aromatic rings. The number of carbonyl (C=O) groups is 1. The highest BCUT2D eigenvalue weighted by Gasteiger charge is 2.42. The third-order valence-electron chi connectivity index (χ3n) is 5.51. The van der Waals surface area contributed by atoms with Gasteiger partial charge in [0.15, 0.2) is 0 Å². The Bertz CT molecular complexity index is 212. The number of carbonyl (C=O) groups excluding carboxylic acids is 1. The summed E-state index contributed by atoms with van der Waals surface area (Å²) in [6.45, 7) is 13.7. The van der Waals surface area contributed by atoms with Crippen LogP contribution in [0.3, 0.4) is 0 Å². The van der Waals surface area contributed by atoms with Crippen LogP contribution in [-0.2, 0) is 4.79 Å². The van der Waals surface area contributed by atoms with Crippen molar-refractivity contribution in [3.8, 4) is 0 Å². The fraction of sp³-hybridized carbons (Fsp3) is 0.938. The van der Waals surface area contributed by atoms with Gasteiger partial charge in [0.05, 0.1) is 0 Å². The lowest BCUT2D eigenvalue weighted by molar-refractivity contribution is -0.111. The molecule has 0 aromatic heterocycles. The second-order valence-electron chi connectivity index (χ2n) is 5.91. The molecule has 0 bridgehead atoms. The first-order chi connectivity index (χ1) is 7.95. The lowest BCUT2D eigenvalue weighted by atomic mass is 9.56. The molecule has 0 amide bonds. The Hall–Kier alpha value is -0.330. The molecule has 0 aliphatic heterocycles. The Morgan fingerprint density at radius 1 is 1.00 bits per heavy atom. The van der Waals surface area contributed by atoms with Gasteiger partial charge in [0, 0.05) is 5.92 Å². The van der Waals surface area contributed by atoms with Gasteiger partial charge in [0.25, 0.3) is 0 Å². The van der Waals surface area contributed by atoms with Crippen molar-refractivity contribution >= 4 is 6.29 Å². The van der Waals surface area contributed by atoms with E-state index in [0.29, 0.717) is 10.8 Å². The summed E-state index contributed by atoms with van der Waals surface area (Å²) >= 11 is 0. The number of hydrogen-bond acceptors (Lipinski definition) is 1. The summed E-state index contributed by atoms with van der Waals surface area (Å²) in [7, 11) is 0. The van der Waals surface area contributed by atoms with Gasteiger partial charge in [-0.2, -0.15) is 0 Å². The Balaban J connectivity index is 4.94. The van der Waals surface area contributed by atoms with Crippen LogP contribution < -0.4 is 0 Å². The smallest absolute Gasteiger partial charge is 0.122 e. The summed E-state index contributed by atoms with van der Waals surface area (Å²) in [6.07, 6.45) is 8.27. The fourth-order valence-corrected chi connectivity index (χ4v) is 3.33. The molecule has 1 atom stereocenters. The second kappa shape index (κ2) is 7.18. The van der Waals surface area contributed by atoms with Crippen LogP contribution in [0.2, 0.25) is 0 Å². The van der Waals surface area contributed by atoms with Gasteiger partial charge >= 0.3 is 0 Å². The first-order valence-electron chi connectivity index (χ1n) is 7.40. The molecule has 0 saturated heterocycles. The van der Waals surface area contributed by atoms with E-state index in [4.69, 9.17) is 0 Å². The van der Waals surface area contributed by atoms with Gasteiger partial charge in [0.2, 0.25) is 0 Å². The average molecular weight is 240 g/mol. The lowest BCUT2D eigenvalue weighted by Gasteiger charge is -2.48. The molecule has 1 unspecified atom stereocenters. The molecular weight excluding hydrogens is 208 g/mol. The van der Waals surface area contributed by atoms with Crippen molar-refractivity contribution in [3.63, 3.8) is 0 Å². The largest absolute Gasteiger partial charge is 0.303 e. The molecule has 0 heterocycles. The molecule has 0 N–H and O–H groups in total. The van der Waals surface area contributed by atoms with E-state index in [-0.39, 0.29) is 5.92 Å². The van der Waals surface area contributed by atoms with Crippen molar-refractivity contribution in [2.75, 3.05) is 0 Å². The molecule has 0 fully saturated rings. The molecule has 0 saturated carbocycles. The van der Waals surface area contributed by atoms with Crippen molar-refractivity contribution in [1.82, 2.24) is 0 Å². The quantitative estimate of drug-likeness (QED) is 0.504. The summed E-state index contributed by atoms with van der Waals surface area (Å²) < 4.78 is 0. The van der Waals surface area contributed by atoms with Crippen LogP contribution in [0.25, 0.3) is 0 Å². The van der Waals surface area contributed by atoms with E-state index in [1.54, 1.807) is 0 Å². The van der Waals surface area contributed by atoms with E-state index in [0.717, 1.165) is 12.7 Å². The van der Waals surface area contributed by atoms with Gasteiger partial charge in [-0.05, 0) is 36.5 Å². The highest BCUT2D eigenvalue weighted by molar-refractivity contribution is 5.52. The van der Waals surface area contributed by atoms with Gasteiger partial charge in [-0.1, -0.05) is 54.4 Å². The zero-order valence-electron chi connectivity index (χ0n) is 12.8. The third kappa shape index (κ3) is 3.56. The predicted octanol–water partition coefficient (Wildman–Crippen LogP) is 5.23. The topological polar surface area (TPSA) is 17.1 Å². The van der Waals surface area contributed by atoms with Crippen LogP contribution in [0.15, 0.2) is 0 Å². The molecule has 0 aromatic carbocycles. The molecule has 0 aliphatic rings. The van der Waals surface area contributed by atoms with Crippen LogP contribution in [0.5, 0.6) is 0 Å². The molecule has 102 valence electrons. The molecular formula is C16H32O. The monoisotopic (exact) mass is 240 g/mol. The molecule has 0 rings (SSSR count). The molecule has 17 heavy (non-hydrogen) atoms. The van der Waals surface area contributed by atoms with E-state index >= 15 is 0 Å². The summed E-state index contributed by atoms with van der Waals surface area (Å²) in [5.41, 5.74) is 0.826.